The molecule has 102 valence electrons. The summed E-state index contributed by atoms with van der Waals surface area (Å²) in [6, 6.07) is 0.316. The van der Waals surface area contributed by atoms with E-state index in [1.807, 2.05) is 7.05 Å². The molecular weight excluding hydrogens is 226 g/mol. The Labute approximate surface area is 111 Å². The van der Waals surface area contributed by atoms with Gasteiger partial charge in [0.25, 0.3) is 6.47 Å². The van der Waals surface area contributed by atoms with Crippen molar-refractivity contribution < 1.29 is 9.53 Å². The first-order valence-corrected chi connectivity index (χ1v) is 6.40. The number of likely N-dealkylation sites (N-methyl/N-ethyl adjacent to an activating group) is 1. The van der Waals surface area contributed by atoms with E-state index < -0.39 is 0 Å². The van der Waals surface area contributed by atoms with Gasteiger partial charge in [-0.05, 0) is 38.8 Å². The molecular formula is C15H25NO2. The van der Waals surface area contributed by atoms with Crippen LogP contribution < -0.4 is 0 Å². The van der Waals surface area contributed by atoms with Crippen LogP contribution in [0.1, 0.15) is 40.5 Å². The summed E-state index contributed by atoms with van der Waals surface area (Å²) in [7, 11) is 1.98. The predicted molar refractivity (Wildman–Crippen MR) is 75.9 cm³/mol. The molecule has 0 aliphatic rings. The number of hydrogen-bond acceptors (Lipinski definition) is 3. The molecule has 0 N–H and O–H groups in total. The number of nitrogens with zero attached hydrogens (tertiary/aromatic N) is 1. The van der Waals surface area contributed by atoms with Crippen LogP contribution in [0.4, 0.5) is 0 Å². The Bertz CT molecular complexity index is 334. The quantitative estimate of drug-likeness (QED) is 0.375. The average Bonchev–Trinajstić information content (AvgIpc) is 2.37. The molecule has 0 aliphatic carbocycles. The van der Waals surface area contributed by atoms with E-state index in [1.165, 1.54) is 5.57 Å². The molecule has 0 amide bonds. The summed E-state index contributed by atoms with van der Waals surface area (Å²) in [4.78, 5) is 12.6. The van der Waals surface area contributed by atoms with Crippen molar-refractivity contribution in [3.05, 3.63) is 35.8 Å². The zero-order chi connectivity index (χ0) is 14.1. The Morgan fingerprint density at radius 1 is 1.33 bits per heavy atom. The summed E-state index contributed by atoms with van der Waals surface area (Å²) in [5, 5.41) is 0. The highest BCUT2D eigenvalue weighted by Crippen LogP contribution is 2.19. The van der Waals surface area contributed by atoms with Gasteiger partial charge in [0.15, 0.2) is 5.76 Å². The summed E-state index contributed by atoms with van der Waals surface area (Å²) in [6.45, 7) is 12.6. The van der Waals surface area contributed by atoms with Gasteiger partial charge < -0.3 is 9.64 Å². The van der Waals surface area contributed by atoms with Crippen LogP contribution in [0.5, 0.6) is 0 Å². The lowest BCUT2D eigenvalue weighted by molar-refractivity contribution is -0.124. The fourth-order valence-electron chi connectivity index (χ4n) is 1.54. The van der Waals surface area contributed by atoms with E-state index in [1.54, 1.807) is 6.08 Å². The number of rotatable bonds is 8. The molecule has 0 rings (SSSR count). The maximum Gasteiger partial charge on any atom is 0.298 e. The highest BCUT2D eigenvalue weighted by molar-refractivity contribution is 5.44. The van der Waals surface area contributed by atoms with Crippen LogP contribution in [0.25, 0.3) is 0 Å². The Hall–Kier alpha value is -1.51. The van der Waals surface area contributed by atoms with Crippen molar-refractivity contribution in [2.24, 2.45) is 0 Å². The Kier molecular flexibility index (Phi) is 7.84. The number of carbonyl (C=O) groups is 1. The fraction of sp³-hybridized carbons (Fsp3) is 0.533. The average molecular weight is 251 g/mol. The summed E-state index contributed by atoms with van der Waals surface area (Å²) in [5.41, 5.74) is 2.21. The van der Waals surface area contributed by atoms with Crippen LogP contribution in [0.15, 0.2) is 35.8 Å². The second-order valence-corrected chi connectivity index (χ2v) is 4.38. The largest absolute Gasteiger partial charge is 0.427 e. The van der Waals surface area contributed by atoms with Gasteiger partial charge in [0.2, 0.25) is 0 Å². The van der Waals surface area contributed by atoms with Gasteiger partial charge in [-0.2, -0.15) is 0 Å². The van der Waals surface area contributed by atoms with Gasteiger partial charge in [0.1, 0.15) is 0 Å². The third-order valence-corrected chi connectivity index (χ3v) is 3.02. The summed E-state index contributed by atoms with van der Waals surface area (Å²) in [6.07, 6.45) is 5.62. The lowest BCUT2D eigenvalue weighted by Gasteiger charge is -2.26. The molecule has 0 aromatic rings. The first-order valence-electron chi connectivity index (χ1n) is 6.40. The van der Waals surface area contributed by atoms with Crippen molar-refractivity contribution in [2.75, 3.05) is 7.05 Å². The molecule has 0 radical (unpaired) electrons. The van der Waals surface area contributed by atoms with E-state index >= 15 is 0 Å². The van der Waals surface area contributed by atoms with Gasteiger partial charge >= 0.3 is 0 Å². The molecule has 0 aliphatic heterocycles. The van der Waals surface area contributed by atoms with E-state index in [-0.39, 0.29) is 0 Å². The normalized spacial score (nSPS) is 11.7. The minimum absolute atomic E-state index is 0.316. The molecule has 0 fully saturated rings. The van der Waals surface area contributed by atoms with Gasteiger partial charge in [0, 0.05) is 13.1 Å². The smallest absolute Gasteiger partial charge is 0.298 e. The summed E-state index contributed by atoms with van der Waals surface area (Å²) >= 11 is 0. The van der Waals surface area contributed by atoms with Crippen LogP contribution in [-0.2, 0) is 9.53 Å². The summed E-state index contributed by atoms with van der Waals surface area (Å²) < 4.78 is 5.01. The lowest BCUT2D eigenvalue weighted by atomic mass is 10.1. The zero-order valence-electron chi connectivity index (χ0n) is 12.2. The minimum Gasteiger partial charge on any atom is -0.427 e. The first kappa shape index (κ1) is 16.5. The third-order valence-electron chi connectivity index (χ3n) is 3.02. The van der Waals surface area contributed by atoms with Gasteiger partial charge in [-0.15, -0.1) is 0 Å². The van der Waals surface area contributed by atoms with E-state index in [4.69, 9.17) is 4.74 Å². The highest BCUT2D eigenvalue weighted by atomic mass is 16.5. The van der Waals surface area contributed by atoms with Crippen molar-refractivity contribution in [2.45, 2.75) is 46.6 Å². The molecule has 0 saturated heterocycles. The molecule has 3 heteroatoms. The second-order valence-electron chi connectivity index (χ2n) is 4.38. The molecule has 0 bridgehead atoms. The molecule has 0 heterocycles. The molecule has 18 heavy (non-hydrogen) atoms. The standard InChI is InChI=1S/C15H25NO2/c1-7-13(8-2)10-14(16(6)12(4)5)15(9-3)18-11-17/h9-12H,3,7-8H2,1-2,4-6H3/b15-14-. The van der Waals surface area contributed by atoms with Crippen LogP contribution in [-0.4, -0.2) is 24.5 Å². The first-order chi connectivity index (χ1) is 8.51. The van der Waals surface area contributed by atoms with Crippen molar-refractivity contribution in [3.8, 4) is 0 Å². The van der Waals surface area contributed by atoms with Crippen molar-refractivity contribution in [3.63, 3.8) is 0 Å². The number of ether oxygens (including phenoxy) is 1. The fourth-order valence-corrected chi connectivity index (χ4v) is 1.54. The van der Waals surface area contributed by atoms with E-state index in [0.29, 0.717) is 18.3 Å². The summed E-state index contributed by atoms with van der Waals surface area (Å²) in [5.74, 6) is 0.501. The van der Waals surface area contributed by atoms with E-state index in [0.717, 1.165) is 18.5 Å². The number of carbonyl (C=O) groups excluding carboxylic acids is 1. The lowest BCUT2D eigenvalue weighted by Crippen LogP contribution is -2.26. The molecule has 0 aromatic heterocycles. The molecule has 0 atom stereocenters. The molecule has 0 saturated carbocycles. The van der Waals surface area contributed by atoms with Gasteiger partial charge in [-0.1, -0.05) is 26.0 Å². The van der Waals surface area contributed by atoms with Crippen LogP contribution in [0.3, 0.4) is 0 Å². The predicted octanol–water partition coefficient (Wildman–Crippen LogP) is 3.64. The maximum atomic E-state index is 10.6. The molecule has 0 unspecified atom stereocenters. The van der Waals surface area contributed by atoms with Crippen LogP contribution >= 0.6 is 0 Å². The molecule has 0 spiro atoms. The molecule has 0 aromatic carbocycles. The Morgan fingerprint density at radius 2 is 1.89 bits per heavy atom. The Morgan fingerprint density at radius 3 is 2.22 bits per heavy atom. The minimum atomic E-state index is 0.316. The SMILES string of the molecule is C=C/C(OC=O)=C(\C=C(CC)CC)N(C)C(C)C. The second kappa shape index (κ2) is 8.56. The van der Waals surface area contributed by atoms with Gasteiger partial charge in [0.05, 0.1) is 5.70 Å². The van der Waals surface area contributed by atoms with Crippen molar-refractivity contribution in [1.29, 1.82) is 0 Å². The van der Waals surface area contributed by atoms with Crippen molar-refractivity contribution >= 4 is 6.47 Å². The maximum absolute atomic E-state index is 10.6. The zero-order valence-corrected chi connectivity index (χ0v) is 12.2. The van der Waals surface area contributed by atoms with E-state index in [2.05, 4.69) is 45.2 Å². The number of hydrogen-bond donors (Lipinski definition) is 0. The highest BCUT2D eigenvalue weighted by Gasteiger charge is 2.12. The van der Waals surface area contributed by atoms with Gasteiger partial charge in [-0.3, -0.25) is 4.79 Å². The van der Waals surface area contributed by atoms with E-state index in [9.17, 15) is 4.79 Å². The monoisotopic (exact) mass is 251 g/mol. The van der Waals surface area contributed by atoms with Crippen LogP contribution in [0.2, 0.25) is 0 Å². The Balaban J connectivity index is 5.60. The third kappa shape index (κ3) is 4.78. The van der Waals surface area contributed by atoms with Crippen LogP contribution in [0, 0.1) is 0 Å². The number of allylic oxidation sites excluding steroid dienone is 3. The van der Waals surface area contributed by atoms with Crippen molar-refractivity contribution in [1.82, 2.24) is 4.90 Å². The molecule has 3 nitrogen and oxygen atoms in total. The topological polar surface area (TPSA) is 29.5 Å². The van der Waals surface area contributed by atoms with Gasteiger partial charge in [-0.25, -0.2) is 0 Å².